The molecule has 0 saturated carbocycles. The minimum atomic E-state index is 0.933. The first-order chi connectivity index (χ1) is 27.7. The third-order valence-corrected chi connectivity index (χ3v) is 11.4. The van der Waals surface area contributed by atoms with Crippen molar-refractivity contribution < 1.29 is 0 Å². The lowest BCUT2D eigenvalue weighted by Gasteiger charge is -2.19. The molecule has 1 heterocycles. The highest BCUT2D eigenvalue weighted by Gasteiger charge is 2.19. The molecule has 11 aromatic rings. The van der Waals surface area contributed by atoms with Crippen LogP contribution in [0.2, 0.25) is 0 Å². The Bertz CT molecular complexity index is 3300. The number of rotatable bonds is 5. The fourth-order valence-electron chi connectivity index (χ4n) is 8.72. The zero-order chi connectivity index (χ0) is 37.2. The van der Waals surface area contributed by atoms with Gasteiger partial charge in [0.2, 0.25) is 0 Å². The van der Waals surface area contributed by atoms with Gasteiger partial charge in [0, 0.05) is 11.3 Å². The monoisotopic (exact) mass is 712 g/mol. The highest BCUT2D eigenvalue weighted by atomic mass is 15.1. The van der Waals surface area contributed by atoms with Crippen molar-refractivity contribution in [2.75, 3.05) is 0 Å². The lowest BCUT2D eigenvalue weighted by atomic mass is 9.84. The number of fused-ring (bicyclic) bond motifs is 5. The summed E-state index contributed by atoms with van der Waals surface area (Å²) in [5.74, 6) is 0.933. The van der Waals surface area contributed by atoms with E-state index in [2.05, 4.69) is 212 Å². The number of aryl methyl sites for hydroxylation is 1. The van der Waals surface area contributed by atoms with Crippen molar-refractivity contribution in [1.82, 2.24) is 9.55 Å². The van der Waals surface area contributed by atoms with E-state index in [1.54, 1.807) is 0 Å². The maximum Gasteiger partial charge on any atom is 0.145 e. The lowest BCUT2D eigenvalue weighted by molar-refractivity contribution is 1.10. The summed E-state index contributed by atoms with van der Waals surface area (Å²) >= 11 is 0. The molecule has 0 radical (unpaired) electrons. The Labute approximate surface area is 325 Å². The van der Waals surface area contributed by atoms with E-state index >= 15 is 0 Å². The Morgan fingerprint density at radius 1 is 0.357 bits per heavy atom. The number of benzene rings is 10. The highest BCUT2D eigenvalue weighted by Crippen LogP contribution is 2.46. The second-order valence-electron chi connectivity index (χ2n) is 14.9. The molecule has 11 rings (SSSR count). The molecule has 0 unspecified atom stereocenters. The van der Waals surface area contributed by atoms with Gasteiger partial charge < -0.3 is 0 Å². The van der Waals surface area contributed by atoms with Gasteiger partial charge in [0.25, 0.3) is 0 Å². The molecule has 0 amide bonds. The molecule has 262 valence electrons. The van der Waals surface area contributed by atoms with Crippen LogP contribution in [0.4, 0.5) is 0 Å². The first kappa shape index (κ1) is 32.2. The molecule has 0 saturated heterocycles. The zero-order valence-corrected chi connectivity index (χ0v) is 30.9. The summed E-state index contributed by atoms with van der Waals surface area (Å²) in [6.45, 7) is 2.16. The summed E-state index contributed by atoms with van der Waals surface area (Å²) in [6.07, 6.45) is 0. The topological polar surface area (TPSA) is 17.8 Å². The fraction of sp³-hybridized carbons (Fsp3) is 0.0185. The van der Waals surface area contributed by atoms with Crippen molar-refractivity contribution in [2.45, 2.75) is 6.92 Å². The van der Waals surface area contributed by atoms with Crippen molar-refractivity contribution in [2.24, 2.45) is 0 Å². The summed E-state index contributed by atoms with van der Waals surface area (Å²) in [5.41, 5.74) is 12.8. The summed E-state index contributed by atoms with van der Waals surface area (Å²) < 4.78 is 2.26. The van der Waals surface area contributed by atoms with E-state index in [-0.39, 0.29) is 0 Å². The molecule has 0 atom stereocenters. The van der Waals surface area contributed by atoms with Crippen LogP contribution in [-0.2, 0) is 0 Å². The Kier molecular flexibility index (Phi) is 7.43. The van der Waals surface area contributed by atoms with E-state index in [0.717, 1.165) is 28.1 Å². The van der Waals surface area contributed by atoms with Crippen LogP contribution in [0.15, 0.2) is 200 Å². The van der Waals surface area contributed by atoms with Crippen molar-refractivity contribution in [3.05, 3.63) is 206 Å². The second-order valence-corrected chi connectivity index (χ2v) is 14.9. The van der Waals surface area contributed by atoms with Gasteiger partial charge in [0.15, 0.2) is 0 Å². The maximum absolute atomic E-state index is 5.12. The van der Waals surface area contributed by atoms with Crippen LogP contribution in [0.1, 0.15) is 5.56 Å². The molecule has 56 heavy (non-hydrogen) atoms. The largest absolute Gasteiger partial charge is 0.292 e. The summed E-state index contributed by atoms with van der Waals surface area (Å²) in [4.78, 5) is 5.12. The minimum Gasteiger partial charge on any atom is -0.292 e. The van der Waals surface area contributed by atoms with Crippen LogP contribution in [-0.4, -0.2) is 9.55 Å². The van der Waals surface area contributed by atoms with Gasteiger partial charge in [0.05, 0.1) is 11.0 Å². The number of para-hydroxylation sites is 3. The maximum atomic E-state index is 5.12. The van der Waals surface area contributed by atoms with Crippen LogP contribution >= 0.6 is 0 Å². The minimum absolute atomic E-state index is 0.933. The third-order valence-electron chi connectivity index (χ3n) is 11.4. The van der Waals surface area contributed by atoms with Gasteiger partial charge >= 0.3 is 0 Å². The number of hydrogen-bond donors (Lipinski definition) is 0. The molecule has 2 heteroatoms. The van der Waals surface area contributed by atoms with E-state index in [0.29, 0.717) is 0 Å². The summed E-state index contributed by atoms with van der Waals surface area (Å²) in [7, 11) is 0. The second kappa shape index (κ2) is 12.9. The number of nitrogens with zero attached hydrogens (tertiary/aromatic N) is 2. The first-order valence-corrected chi connectivity index (χ1v) is 19.3. The predicted octanol–water partition coefficient (Wildman–Crippen LogP) is 14.6. The quantitative estimate of drug-likeness (QED) is 0.162. The molecule has 0 aliphatic heterocycles. The molecule has 10 aromatic carbocycles. The van der Waals surface area contributed by atoms with Gasteiger partial charge in [-0.2, -0.15) is 0 Å². The molecule has 2 nitrogen and oxygen atoms in total. The summed E-state index contributed by atoms with van der Waals surface area (Å²) in [5, 5.41) is 10.00. The van der Waals surface area contributed by atoms with E-state index in [9.17, 15) is 0 Å². The van der Waals surface area contributed by atoms with Gasteiger partial charge in [-0.1, -0.05) is 163 Å². The SMILES string of the molecule is Cc1ccc2cc(-c3c4ccccc4c(-c4ccc5ccccc5c4)c4cc(-c5ccc(-c6nc7ccccc7n6-c6ccccc6)cc5)ccc34)ccc2c1. The summed E-state index contributed by atoms with van der Waals surface area (Å²) in [6, 6.07) is 73.0. The van der Waals surface area contributed by atoms with E-state index in [1.807, 2.05) is 0 Å². The number of aromatic nitrogens is 2. The highest BCUT2D eigenvalue weighted by molar-refractivity contribution is 6.22. The van der Waals surface area contributed by atoms with E-state index in [1.165, 1.54) is 82.0 Å². The Hall–Kier alpha value is -7.29. The van der Waals surface area contributed by atoms with Gasteiger partial charge in [-0.3, -0.25) is 4.57 Å². The Balaban J connectivity index is 1.12. The average Bonchev–Trinajstić information content (AvgIpc) is 3.65. The molecule has 0 aliphatic carbocycles. The number of hydrogen-bond acceptors (Lipinski definition) is 1. The molecule has 0 N–H and O–H groups in total. The van der Waals surface area contributed by atoms with Gasteiger partial charge in [-0.25, -0.2) is 4.98 Å². The molecule has 0 spiro atoms. The van der Waals surface area contributed by atoms with Crippen molar-refractivity contribution in [3.63, 3.8) is 0 Å². The Morgan fingerprint density at radius 2 is 0.893 bits per heavy atom. The van der Waals surface area contributed by atoms with Crippen molar-refractivity contribution in [3.8, 4) is 50.5 Å². The third kappa shape index (κ3) is 5.30. The van der Waals surface area contributed by atoms with Crippen molar-refractivity contribution in [1.29, 1.82) is 0 Å². The van der Waals surface area contributed by atoms with E-state index < -0.39 is 0 Å². The average molecular weight is 713 g/mol. The van der Waals surface area contributed by atoms with Crippen LogP contribution in [0.25, 0.3) is 105 Å². The van der Waals surface area contributed by atoms with Crippen LogP contribution in [0.5, 0.6) is 0 Å². The van der Waals surface area contributed by atoms with Gasteiger partial charge in [-0.15, -0.1) is 0 Å². The normalized spacial score (nSPS) is 11.7. The molecular weight excluding hydrogens is 677 g/mol. The van der Waals surface area contributed by atoms with Crippen molar-refractivity contribution >= 4 is 54.1 Å². The molecule has 0 bridgehead atoms. The molecule has 1 aromatic heterocycles. The van der Waals surface area contributed by atoms with Crippen LogP contribution < -0.4 is 0 Å². The predicted molar refractivity (Wildman–Crippen MR) is 238 cm³/mol. The zero-order valence-electron chi connectivity index (χ0n) is 30.9. The molecule has 0 aliphatic rings. The standard InChI is InChI=1S/C54H36N2/c1-35-19-20-41-33-43(28-26-40(41)31-35)52-46-15-7-8-16-47(46)53(44-27-23-36-11-5-6-12-39(36)32-44)49-34-42(29-30-48(49)52)37-21-24-38(25-22-37)54-55-50-17-9-10-18-51(50)56(54)45-13-3-2-4-14-45/h2-34H,1H3. The van der Waals surface area contributed by atoms with Crippen LogP contribution in [0.3, 0.4) is 0 Å². The van der Waals surface area contributed by atoms with Gasteiger partial charge in [-0.05, 0) is 126 Å². The smallest absolute Gasteiger partial charge is 0.145 e. The lowest BCUT2D eigenvalue weighted by Crippen LogP contribution is -1.97. The fourth-order valence-corrected chi connectivity index (χ4v) is 8.72. The first-order valence-electron chi connectivity index (χ1n) is 19.3. The molecular formula is C54H36N2. The van der Waals surface area contributed by atoms with E-state index in [4.69, 9.17) is 4.98 Å². The number of imidazole rings is 1. The Morgan fingerprint density at radius 3 is 1.68 bits per heavy atom. The van der Waals surface area contributed by atoms with Crippen LogP contribution in [0, 0.1) is 6.92 Å². The van der Waals surface area contributed by atoms with Gasteiger partial charge in [0.1, 0.15) is 5.82 Å². The molecule has 0 fully saturated rings.